The van der Waals surface area contributed by atoms with Crippen LogP contribution in [-0.4, -0.2) is 68.9 Å². The minimum Gasteiger partial charge on any atom is -0.465 e. The monoisotopic (exact) mass is 630 g/mol. The summed E-state index contributed by atoms with van der Waals surface area (Å²) in [6.07, 6.45) is 3.33. The zero-order chi connectivity index (χ0) is 32.7. The van der Waals surface area contributed by atoms with E-state index in [4.69, 9.17) is 8.83 Å². The smallest absolute Gasteiger partial charge is 0.414 e. The van der Waals surface area contributed by atoms with E-state index in [-0.39, 0.29) is 6.54 Å². The van der Waals surface area contributed by atoms with Crippen LogP contribution in [0.1, 0.15) is 27.3 Å². The Morgan fingerprint density at radius 1 is 0.936 bits per heavy atom. The van der Waals surface area contributed by atoms with Gasteiger partial charge in [-0.25, -0.2) is 34.6 Å². The number of anilines is 1. The lowest BCUT2D eigenvalue weighted by Gasteiger charge is -2.18. The summed E-state index contributed by atoms with van der Waals surface area (Å²) in [6, 6.07) is 13.9. The van der Waals surface area contributed by atoms with Gasteiger partial charge in [0.15, 0.2) is 23.2 Å². The summed E-state index contributed by atoms with van der Waals surface area (Å²) < 4.78 is 11.0. The average Bonchev–Trinajstić information content (AvgIpc) is 3.88. The number of benzene rings is 2. The summed E-state index contributed by atoms with van der Waals surface area (Å²) in [5, 5.41) is 12.7. The highest BCUT2D eigenvalue weighted by molar-refractivity contribution is 6.04. The molecule has 15 heteroatoms. The topological polar surface area (TPSA) is 205 Å². The number of carboxylic acid groups (broad SMARTS) is 1. The van der Waals surface area contributed by atoms with Crippen molar-refractivity contribution in [2.75, 3.05) is 12.4 Å². The number of carbonyl (C=O) groups is 2. The molecule has 2 aromatic carbocycles. The van der Waals surface area contributed by atoms with E-state index in [1.54, 1.807) is 62.0 Å². The summed E-state index contributed by atoms with van der Waals surface area (Å²) in [5.41, 5.74) is 7.54. The quantitative estimate of drug-likeness (QED) is 0.177. The molecule has 0 unspecified atom stereocenters. The molecule has 47 heavy (non-hydrogen) atoms. The lowest BCUT2D eigenvalue weighted by molar-refractivity contribution is 0.0729. The number of hydrogen-bond donors (Lipinski definition) is 4. The number of amides is 2. The van der Waals surface area contributed by atoms with Crippen molar-refractivity contribution < 1.29 is 23.5 Å². The van der Waals surface area contributed by atoms with Gasteiger partial charge in [-0.3, -0.25) is 4.79 Å². The van der Waals surface area contributed by atoms with E-state index >= 15 is 0 Å². The van der Waals surface area contributed by atoms with Crippen molar-refractivity contribution in [1.82, 2.24) is 44.8 Å². The van der Waals surface area contributed by atoms with E-state index in [2.05, 4.69) is 45.2 Å². The third-order valence-corrected chi connectivity index (χ3v) is 7.35. The van der Waals surface area contributed by atoms with Crippen LogP contribution < -0.4 is 5.32 Å². The van der Waals surface area contributed by atoms with Crippen molar-refractivity contribution in [3.8, 4) is 11.5 Å². The van der Waals surface area contributed by atoms with Crippen LogP contribution in [0.5, 0.6) is 0 Å². The first-order chi connectivity index (χ1) is 22.8. The predicted octanol–water partition coefficient (Wildman–Crippen LogP) is 5.84. The maximum absolute atomic E-state index is 12.9. The summed E-state index contributed by atoms with van der Waals surface area (Å²) in [7, 11) is 1.76. The molecule has 0 aliphatic heterocycles. The number of aromatic amines is 2. The standard InChI is InChI=1S/C25H22N6O4.C7H4N4O/c1-13-6-4-9-17(10-13)24(32)31(25(33)34)12-15-7-5-8-16(11-15)22-29-20-18-19(28-14(2)27-18)21(26-3)30-23(20)35-22;1-4-5(10-2-9-4)6-7(8-1)12-3-11-6/h4-11H,12H2,1-3H3,(H,26,30)(H,27,28)(H,33,34);1-3H,(H,9,10). The normalized spacial score (nSPS) is 11.2. The zero-order valence-electron chi connectivity index (χ0n) is 25.3. The Balaban J connectivity index is 0.000000242. The Bertz CT molecular complexity index is 2390. The zero-order valence-corrected chi connectivity index (χ0v) is 25.3. The van der Waals surface area contributed by atoms with Gasteiger partial charge >= 0.3 is 6.09 Å². The number of H-pyrrole nitrogens is 2. The Morgan fingerprint density at radius 2 is 1.79 bits per heavy atom. The molecule has 0 atom stereocenters. The van der Waals surface area contributed by atoms with Crippen molar-refractivity contribution in [1.29, 1.82) is 0 Å². The molecule has 0 aliphatic rings. The summed E-state index contributed by atoms with van der Waals surface area (Å²) in [5.74, 6) is 1.05. The van der Waals surface area contributed by atoms with Gasteiger partial charge in [-0.15, -0.1) is 0 Å². The maximum Gasteiger partial charge on any atom is 0.414 e. The third-order valence-electron chi connectivity index (χ3n) is 7.35. The molecular formula is C32H26N10O5. The molecule has 0 aliphatic carbocycles. The molecule has 0 fully saturated rings. The van der Waals surface area contributed by atoms with Gasteiger partial charge in [-0.2, -0.15) is 4.98 Å². The van der Waals surface area contributed by atoms with Gasteiger partial charge in [0.2, 0.25) is 11.6 Å². The Kier molecular flexibility index (Phi) is 7.24. The molecule has 0 saturated carbocycles. The molecule has 4 N–H and O–H groups in total. The van der Waals surface area contributed by atoms with Crippen LogP contribution in [0, 0.1) is 13.8 Å². The minimum absolute atomic E-state index is 0.124. The second-order valence-corrected chi connectivity index (χ2v) is 10.6. The van der Waals surface area contributed by atoms with Gasteiger partial charge < -0.3 is 29.2 Å². The number of nitrogens with zero attached hydrogens (tertiary/aromatic N) is 7. The highest BCUT2D eigenvalue weighted by Crippen LogP contribution is 2.31. The highest BCUT2D eigenvalue weighted by atomic mass is 16.4. The SMILES string of the molecule is CNc1nc2oc(-c3cccc(CN(C(=O)O)C(=O)c4cccc(C)c4)c3)nc2c2nc(C)[nH]c12.c1nc2c(cnc3ocnc32)[nH]1. The molecule has 0 spiro atoms. The van der Waals surface area contributed by atoms with Crippen LogP contribution in [0.4, 0.5) is 10.6 Å². The van der Waals surface area contributed by atoms with Crippen LogP contribution in [0.3, 0.4) is 0 Å². The van der Waals surface area contributed by atoms with Gasteiger partial charge in [-0.1, -0.05) is 29.8 Å². The molecule has 6 aromatic heterocycles. The lowest BCUT2D eigenvalue weighted by atomic mass is 10.1. The van der Waals surface area contributed by atoms with Crippen molar-refractivity contribution in [3.63, 3.8) is 0 Å². The van der Waals surface area contributed by atoms with Crippen molar-refractivity contribution in [2.24, 2.45) is 0 Å². The second-order valence-electron chi connectivity index (χ2n) is 10.6. The van der Waals surface area contributed by atoms with Crippen molar-refractivity contribution in [2.45, 2.75) is 20.4 Å². The molecule has 6 heterocycles. The molecule has 2 amide bonds. The summed E-state index contributed by atoms with van der Waals surface area (Å²) >= 11 is 0. The number of hydrogen-bond acceptors (Lipinski definition) is 11. The third kappa shape index (κ3) is 5.45. The van der Waals surface area contributed by atoms with E-state index in [1.807, 2.05) is 19.9 Å². The number of imide groups is 1. The summed E-state index contributed by atoms with van der Waals surface area (Å²) in [6.45, 7) is 3.57. The molecule has 0 bridgehead atoms. The molecule has 234 valence electrons. The fourth-order valence-corrected chi connectivity index (χ4v) is 5.19. The van der Waals surface area contributed by atoms with Crippen molar-refractivity contribution in [3.05, 3.63) is 90.0 Å². The maximum atomic E-state index is 12.9. The number of pyridine rings is 2. The van der Waals surface area contributed by atoms with Crippen LogP contribution in [-0.2, 0) is 6.54 Å². The van der Waals surface area contributed by atoms with Crippen LogP contribution in [0.25, 0.3) is 56.0 Å². The predicted molar refractivity (Wildman–Crippen MR) is 172 cm³/mol. The lowest BCUT2D eigenvalue weighted by Crippen LogP contribution is -2.35. The van der Waals surface area contributed by atoms with Crippen LogP contribution in [0.2, 0.25) is 0 Å². The number of rotatable bonds is 5. The summed E-state index contributed by atoms with van der Waals surface area (Å²) in [4.78, 5) is 57.5. The number of fused-ring (bicyclic) bond motifs is 6. The molecule has 15 nitrogen and oxygen atoms in total. The number of imidazole rings is 2. The van der Waals surface area contributed by atoms with Crippen LogP contribution in [0.15, 0.2) is 76.3 Å². The Morgan fingerprint density at radius 3 is 2.60 bits per heavy atom. The van der Waals surface area contributed by atoms with E-state index in [0.717, 1.165) is 32.8 Å². The van der Waals surface area contributed by atoms with Crippen molar-refractivity contribution >= 4 is 62.3 Å². The first-order valence-corrected chi connectivity index (χ1v) is 14.4. The van der Waals surface area contributed by atoms with Gasteiger partial charge in [0.05, 0.1) is 24.6 Å². The fourth-order valence-electron chi connectivity index (χ4n) is 5.19. The molecule has 8 rings (SSSR count). The van der Waals surface area contributed by atoms with E-state index in [9.17, 15) is 14.7 Å². The number of nitrogens with one attached hydrogen (secondary N) is 3. The first kappa shape index (κ1) is 29.1. The number of aromatic nitrogens is 8. The van der Waals surface area contributed by atoms with Gasteiger partial charge in [0.1, 0.15) is 22.4 Å². The molecule has 8 aromatic rings. The highest BCUT2D eigenvalue weighted by Gasteiger charge is 2.24. The van der Waals surface area contributed by atoms with Crippen LogP contribution >= 0.6 is 0 Å². The molecular weight excluding hydrogens is 604 g/mol. The van der Waals surface area contributed by atoms with Gasteiger partial charge in [0.25, 0.3) is 11.6 Å². The number of carbonyl (C=O) groups excluding carboxylic acids is 1. The second kappa shape index (κ2) is 11.7. The number of oxazole rings is 2. The molecule has 0 saturated heterocycles. The van der Waals surface area contributed by atoms with Gasteiger partial charge in [-0.05, 0) is 43.7 Å². The van der Waals surface area contributed by atoms with E-state index < -0.39 is 12.0 Å². The fraction of sp³-hybridized carbons (Fsp3) is 0.125. The van der Waals surface area contributed by atoms with Gasteiger partial charge in [0, 0.05) is 18.2 Å². The number of aryl methyl sites for hydroxylation is 2. The molecule has 0 radical (unpaired) electrons. The largest absolute Gasteiger partial charge is 0.465 e. The Labute approximate surface area is 264 Å². The van der Waals surface area contributed by atoms with E-state index in [0.29, 0.717) is 56.4 Å². The first-order valence-electron chi connectivity index (χ1n) is 14.4. The Hall–Kier alpha value is -6.64. The average molecular weight is 631 g/mol. The van der Waals surface area contributed by atoms with E-state index in [1.165, 1.54) is 6.39 Å². The minimum atomic E-state index is -1.33.